The molecule has 1 amide bonds. The summed E-state index contributed by atoms with van der Waals surface area (Å²) in [7, 11) is -3.56. The highest BCUT2D eigenvalue weighted by molar-refractivity contribution is 7.89. The quantitative estimate of drug-likeness (QED) is 0.652. The van der Waals surface area contributed by atoms with Gasteiger partial charge in [0, 0.05) is 12.2 Å². The van der Waals surface area contributed by atoms with E-state index in [-0.39, 0.29) is 4.90 Å². The van der Waals surface area contributed by atoms with E-state index in [9.17, 15) is 23.1 Å². The molecule has 0 saturated heterocycles. The summed E-state index contributed by atoms with van der Waals surface area (Å²) in [6.07, 6.45) is 2.04. The minimum absolute atomic E-state index is 0.0977. The van der Waals surface area contributed by atoms with Crippen LogP contribution < -0.4 is 10.0 Å². The number of anilines is 1. The van der Waals surface area contributed by atoms with Crippen LogP contribution in [0.15, 0.2) is 29.2 Å². The molecule has 126 valence electrons. The maximum atomic E-state index is 12.2. The van der Waals surface area contributed by atoms with Gasteiger partial charge >= 0.3 is 5.97 Å². The molecule has 1 saturated carbocycles. The first-order chi connectivity index (χ1) is 10.8. The second-order valence-corrected chi connectivity index (χ2v) is 7.38. The lowest BCUT2D eigenvalue weighted by atomic mass is 9.68. The molecule has 0 unspecified atom stereocenters. The number of benzene rings is 1. The van der Waals surface area contributed by atoms with Crippen LogP contribution in [0.1, 0.15) is 32.6 Å². The van der Waals surface area contributed by atoms with Crippen LogP contribution in [0.3, 0.4) is 0 Å². The van der Waals surface area contributed by atoms with Gasteiger partial charge in [-0.15, -0.1) is 0 Å². The van der Waals surface area contributed by atoms with Crippen LogP contribution >= 0.6 is 0 Å². The van der Waals surface area contributed by atoms with E-state index in [0.29, 0.717) is 37.9 Å². The van der Waals surface area contributed by atoms with Gasteiger partial charge in [-0.2, -0.15) is 0 Å². The van der Waals surface area contributed by atoms with E-state index < -0.39 is 27.3 Å². The van der Waals surface area contributed by atoms with Gasteiger partial charge in [-0.25, -0.2) is 13.1 Å². The molecule has 8 heteroatoms. The number of carbonyl (C=O) groups is 2. The molecule has 0 bridgehead atoms. The zero-order valence-corrected chi connectivity index (χ0v) is 13.6. The van der Waals surface area contributed by atoms with Gasteiger partial charge in [0.05, 0.1) is 4.90 Å². The van der Waals surface area contributed by atoms with E-state index in [1.807, 2.05) is 6.92 Å². The van der Waals surface area contributed by atoms with Gasteiger partial charge < -0.3 is 10.4 Å². The second kappa shape index (κ2) is 6.67. The number of nitrogens with one attached hydrogen (secondary N) is 2. The molecule has 2 rings (SSSR count). The summed E-state index contributed by atoms with van der Waals surface area (Å²) in [4.78, 5) is 23.5. The molecule has 0 atom stereocenters. The number of hydrogen-bond acceptors (Lipinski definition) is 4. The largest absolute Gasteiger partial charge is 0.480 e. The van der Waals surface area contributed by atoms with Crippen molar-refractivity contribution in [2.45, 2.75) is 37.5 Å². The lowest BCUT2D eigenvalue weighted by Crippen LogP contribution is -2.48. The van der Waals surface area contributed by atoms with E-state index in [0.717, 1.165) is 0 Å². The van der Waals surface area contributed by atoms with Gasteiger partial charge in [0.15, 0.2) is 0 Å². The molecule has 3 N–H and O–H groups in total. The van der Waals surface area contributed by atoms with Crippen molar-refractivity contribution in [1.82, 2.24) is 4.72 Å². The Morgan fingerprint density at radius 3 is 2.26 bits per heavy atom. The van der Waals surface area contributed by atoms with Crippen molar-refractivity contribution in [3.8, 4) is 0 Å². The Bertz CT molecular complexity index is 693. The Balaban J connectivity index is 2.09. The third-order valence-electron chi connectivity index (χ3n) is 4.02. The van der Waals surface area contributed by atoms with Crippen molar-refractivity contribution >= 4 is 27.6 Å². The summed E-state index contributed by atoms with van der Waals surface area (Å²) >= 11 is 0. The summed E-state index contributed by atoms with van der Waals surface area (Å²) in [5.41, 5.74) is -0.982. The normalized spacial score (nSPS) is 16.4. The summed E-state index contributed by atoms with van der Waals surface area (Å²) in [6.45, 7) is 2.21. The summed E-state index contributed by atoms with van der Waals surface area (Å²) in [5, 5.41) is 11.8. The number of carbonyl (C=O) groups excluding carboxylic acids is 1. The Labute approximate surface area is 135 Å². The maximum Gasteiger partial charge on any atom is 0.319 e. The fourth-order valence-electron chi connectivity index (χ4n) is 2.36. The lowest BCUT2D eigenvalue weighted by Gasteiger charge is -2.35. The third-order valence-corrected chi connectivity index (χ3v) is 5.49. The van der Waals surface area contributed by atoms with Crippen LogP contribution in [0, 0.1) is 5.41 Å². The Hall–Kier alpha value is -1.93. The molecule has 7 nitrogen and oxygen atoms in total. The van der Waals surface area contributed by atoms with E-state index in [2.05, 4.69) is 10.0 Å². The van der Waals surface area contributed by atoms with Crippen LogP contribution in [-0.2, 0) is 19.6 Å². The van der Waals surface area contributed by atoms with Crippen molar-refractivity contribution in [2.75, 3.05) is 11.9 Å². The van der Waals surface area contributed by atoms with E-state index in [4.69, 9.17) is 0 Å². The first kappa shape index (κ1) is 17.4. The standard InChI is InChI=1S/C15H20N2O5S/c1-2-10-16-23(21,22)12-6-4-11(5-7-12)17-13(18)15(14(19)20)8-3-9-15/h4-7,16H,2-3,8-10H2,1H3,(H,17,18)(H,19,20). The Morgan fingerprint density at radius 1 is 1.22 bits per heavy atom. The summed E-state index contributed by atoms with van der Waals surface area (Å²) in [5.74, 6) is -1.68. The smallest absolute Gasteiger partial charge is 0.319 e. The van der Waals surface area contributed by atoms with E-state index in [1.54, 1.807) is 0 Å². The summed E-state index contributed by atoms with van der Waals surface area (Å²) < 4.78 is 26.4. The average Bonchev–Trinajstić information content (AvgIpc) is 2.44. The van der Waals surface area contributed by atoms with Crippen LogP contribution in [0.5, 0.6) is 0 Å². The van der Waals surface area contributed by atoms with Crippen molar-refractivity contribution < 1.29 is 23.1 Å². The van der Waals surface area contributed by atoms with Gasteiger partial charge in [-0.05, 0) is 43.5 Å². The van der Waals surface area contributed by atoms with Crippen LogP contribution in [-0.4, -0.2) is 31.9 Å². The molecule has 0 spiro atoms. The molecular formula is C15H20N2O5S. The van der Waals surface area contributed by atoms with Crippen molar-refractivity contribution in [3.05, 3.63) is 24.3 Å². The van der Waals surface area contributed by atoms with Gasteiger partial charge in [-0.1, -0.05) is 13.3 Å². The van der Waals surface area contributed by atoms with Gasteiger partial charge in [0.1, 0.15) is 5.41 Å². The number of aliphatic carboxylic acids is 1. The zero-order valence-electron chi connectivity index (χ0n) is 12.8. The minimum Gasteiger partial charge on any atom is -0.480 e. The third kappa shape index (κ3) is 3.53. The molecule has 1 aliphatic rings. The number of carboxylic acids is 1. The molecule has 1 fully saturated rings. The van der Waals surface area contributed by atoms with Gasteiger partial charge in [0.25, 0.3) is 0 Å². The minimum atomic E-state index is -3.56. The highest BCUT2D eigenvalue weighted by atomic mass is 32.2. The Morgan fingerprint density at radius 2 is 1.83 bits per heavy atom. The highest BCUT2D eigenvalue weighted by Gasteiger charge is 2.51. The molecule has 1 aromatic rings. The molecule has 1 aromatic carbocycles. The topological polar surface area (TPSA) is 113 Å². The lowest BCUT2D eigenvalue weighted by molar-refractivity contribution is -0.159. The van der Waals surface area contributed by atoms with E-state index in [1.165, 1.54) is 24.3 Å². The van der Waals surface area contributed by atoms with Crippen LogP contribution in [0.25, 0.3) is 0 Å². The average molecular weight is 340 g/mol. The molecule has 0 aliphatic heterocycles. The molecule has 0 heterocycles. The fraction of sp³-hybridized carbons (Fsp3) is 0.467. The van der Waals surface area contributed by atoms with E-state index >= 15 is 0 Å². The predicted molar refractivity (Wildman–Crippen MR) is 84.5 cm³/mol. The molecule has 0 aromatic heterocycles. The predicted octanol–water partition coefficient (Wildman–Crippen LogP) is 1.57. The molecule has 0 radical (unpaired) electrons. The number of sulfonamides is 1. The van der Waals surface area contributed by atoms with Gasteiger partial charge in [-0.3, -0.25) is 9.59 Å². The highest BCUT2D eigenvalue weighted by Crippen LogP contribution is 2.42. The molecule has 1 aliphatic carbocycles. The Kier molecular flexibility index (Phi) is 5.06. The second-order valence-electron chi connectivity index (χ2n) is 5.62. The van der Waals surface area contributed by atoms with Crippen molar-refractivity contribution in [2.24, 2.45) is 5.41 Å². The number of amides is 1. The van der Waals surface area contributed by atoms with Gasteiger partial charge in [0.2, 0.25) is 15.9 Å². The van der Waals surface area contributed by atoms with Crippen molar-refractivity contribution in [3.63, 3.8) is 0 Å². The monoisotopic (exact) mass is 340 g/mol. The van der Waals surface area contributed by atoms with Crippen LogP contribution in [0.4, 0.5) is 5.69 Å². The zero-order chi connectivity index (χ0) is 17.1. The summed E-state index contributed by atoms with van der Waals surface area (Å²) in [6, 6.07) is 5.66. The molecule has 23 heavy (non-hydrogen) atoms. The number of rotatable bonds is 7. The maximum absolute atomic E-state index is 12.2. The number of hydrogen-bond donors (Lipinski definition) is 3. The van der Waals surface area contributed by atoms with Crippen molar-refractivity contribution in [1.29, 1.82) is 0 Å². The fourth-order valence-corrected chi connectivity index (χ4v) is 3.49. The van der Waals surface area contributed by atoms with Crippen LogP contribution in [0.2, 0.25) is 0 Å². The molecular weight excluding hydrogens is 320 g/mol. The SMILES string of the molecule is CCCNS(=O)(=O)c1ccc(NC(=O)C2(C(=O)O)CCC2)cc1. The first-order valence-corrected chi connectivity index (χ1v) is 8.95. The first-order valence-electron chi connectivity index (χ1n) is 7.46. The number of carboxylic acid groups (broad SMARTS) is 1.